The van der Waals surface area contributed by atoms with Crippen LogP contribution in [-0.4, -0.2) is 31.1 Å². The number of ether oxygens (including phenoxy) is 1. The minimum atomic E-state index is 0.109. The van der Waals surface area contributed by atoms with Crippen LogP contribution in [0, 0.1) is 0 Å². The number of likely N-dealkylation sites (tertiary alicyclic amines) is 1. The van der Waals surface area contributed by atoms with Crippen molar-refractivity contribution in [3.8, 4) is 5.75 Å². The predicted molar refractivity (Wildman–Crippen MR) is 79.4 cm³/mol. The molecule has 0 radical (unpaired) electrons. The first-order valence-electron chi connectivity index (χ1n) is 7.41. The molecule has 106 valence electrons. The number of nitrogens with zero attached hydrogens (tertiary/aromatic N) is 1. The molecule has 2 rings (SSSR count). The molecule has 1 fully saturated rings. The number of hydrogen-bond acceptors (Lipinski definition) is 3. The molecule has 2 atom stereocenters. The second kappa shape index (κ2) is 6.92. The minimum absolute atomic E-state index is 0.109. The lowest BCUT2D eigenvalue weighted by atomic mass is 9.98. The molecule has 1 aromatic carbocycles. The van der Waals surface area contributed by atoms with Gasteiger partial charge >= 0.3 is 0 Å². The summed E-state index contributed by atoms with van der Waals surface area (Å²) in [4.78, 5) is 2.37. The van der Waals surface area contributed by atoms with Gasteiger partial charge in [-0.1, -0.05) is 25.5 Å². The topological polar surface area (TPSA) is 38.5 Å². The number of likely N-dealkylation sites (N-methyl/N-ethyl adjacent to an activating group) is 1. The highest BCUT2D eigenvalue weighted by molar-refractivity contribution is 5.30. The van der Waals surface area contributed by atoms with Crippen LogP contribution in [0.5, 0.6) is 5.75 Å². The van der Waals surface area contributed by atoms with Gasteiger partial charge < -0.3 is 15.4 Å². The molecule has 1 heterocycles. The first-order valence-corrected chi connectivity index (χ1v) is 7.41. The van der Waals surface area contributed by atoms with Crippen LogP contribution in [0.2, 0.25) is 0 Å². The van der Waals surface area contributed by atoms with Crippen LogP contribution in [0.15, 0.2) is 24.3 Å². The monoisotopic (exact) mass is 262 g/mol. The highest BCUT2D eigenvalue weighted by atomic mass is 16.5. The Bertz CT molecular complexity index is 377. The van der Waals surface area contributed by atoms with Gasteiger partial charge in [-0.3, -0.25) is 0 Å². The fraction of sp³-hybridized carbons (Fsp3) is 0.625. The number of unbranched alkanes of at least 4 members (excludes halogenated alkanes) is 1. The molecule has 1 aliphatic heterocycles. The average Bonchev–Trinajstić information content (AvgIpc) is 2.85. The Kier molecular flexibility index (Phi) is 5.23. The zero-order valence-electron chi connectivity index (χ0n) is 12.1. The van der Waals surface area contributed by atoms with Crippen molar-refractivity contribution < 1.29 is 4.74 Å². The molecule has 19 heavy (non-hydrogen) atoms. The van der Waals surface area contributed by atoms with E-state index in [1.165, 1.54) is 18.4 Å². The summed E-state index contributed by atoms with van der Waals surface area (Å²) in [6.07, 6.45) is 4.73. The van der Waals surface area contributed by atoms with E-state index in [9.17, 15) is 0 Å². The van der Waals surface area contributed by atoms with Gasteiger partial charge in [0.05, 0.1) is 6.61 Å². The molecule has 0 aliphatic carbocycles. The van der Waals surface area contributed by atoms with Crippen molar-refractivity contribution in [3.05, 3.63) is 29.8 Å². The zero-order chi connectivity index (χ0) is 13.7. The number of rotatable bonds is 6. The van der Waals surface area contributed by atoms with Gasteiger partial charge in [0.2, 0.25) is 0 Å². The molecule has 2 unspecified atom stereocenters. The van der Waals surface area contributed by atoms with Crippen LogP contribution >= 0.6 is 0 Å². The molecule has 0 spiro atoms. The van der Waals surface area contributed by atoms with Gasteiger partial charge in [0.25, 0.3) is 0 Å². The second-order valence-electron chi connectivity index (χ2n) is 5.49. The average molecular weight is 262 g/mol. The van der Waals surface area contributed by atoms with E-state index in [-0.39, 0.29) is 6.04 Å². The lowest BCUT2D eigenvalue weighted by molar-refractivity contribution is 0.272. The van der Waals surface area contributed by atoms with Gasteiger partial charge in [-0.25, -0.2) is 0 Å². The van der Waals surface area contributed by atoms with E-state index < -0.39 is 0 Å². The van der Waals surface area contributed by atoms with Crippen molar-refractivity contribution in [3.63, 3.8) is 0 Å². The summed E-state index contributed by atoms with van der Waals surface area (Å²) >= 11 is 0. The molecule has 1 aromatic rings. The minimum Gasteiger partial charge on any atom is -0.494 e. The van der Waals surface area contributed by atoms with E-state index in [1.807, 2.05) is 12.1 Å². The number of hydrogen-bond donors (Lipinski definition) is 1. The van der Waals surface area contributed by atoms with E-state index in [0.29, 0.717) is 6.04 Å². The normalized spacial score (nSPS) is 21.5. The van der Waals surface area contributed by atoms with E-state index in [1.54, 1.807) is 0 Å². The fourth-order valence-corrected chi connectivity index (χ4v) is 2.73. The van der Waals surface area contributed by atoms with Gasteiger partial charge in [0.15, 0.2) is 0 Å². The van der Waals surface area contributed by atoms with Crippen LogP contribution in [0.3, 0.4) is 0 Å². The standard InChI is InChI=1S/C16H26N2O/c1-3-4-12-19-14-9-7-13(8-10-14)16(17)15-6-5-11-18(15)2/h7-10,15-16H,3-6,11-12,17H2,1-2H3. The van der Waals surface area contributed by atoms with Crippen molar-refractivity contribution in [2.45, 2.75) is 44.7 Å². The molecular formula is C16H26N2O. The first-order chi connectivity index (χ1) is 9.22. The first kappa shape index (κ1) is 14.4. The third-order valence-corrected chi connectivity index (χ3v) is 4.02. The SMILES string of the molecule is CCCCOc1ccc(C(N)C2CCCN2C)cc1. The van der Waals surface area contributed by atoms with E-state index in [4.69, 9.17) is 10.5 Å². The lowest BCUT2D eigenvalue weighted by Gasteiger charge is -2.26. The largest absolute Gasteiger partial charge is 0.494 e. The lowest BCUT2D eigenvalue weighted by Crippen LogP contribution is -2.35. The summed E-state index contributed by atoms with van der Waals surface area (Å²) in [6.45, 7) is 4.13. The molecule has 0 amide bonds. The highest BCUT2D eigenvalue weighted by Crippen LogP contribution is 2.27. The van der Waals surface area contributed by atoms with E-state index in [2.05, 4.69) is 31.0 Å². The van der Waals surface area contributed by atoms with Crippen LogP contribution in [0.4, 0.5) is 0 Å². The summed E-state index contributed by atoms with van der Waals surface area (Å²) < 4.78 is 5.68. The Morgan fingerprint density at radius 1 is 1.37 bits per heavy atom. The smallest absolute Gasteiger partial charge is 0.119 e. The van der Waals surface area contributed by atoms with Gasteiger partial charge in [0, 0.05) is 12.1 Å². The Balaban J connectivity index is 1.93. The van der Waals surface area contributed by atoms with Crippen molar-refractivity contribution in [1.29, 1.82) is 0 Å². The van der Waals surface area contributed by atoms with Gasteiger partial charge in [-0.05, 0) is 50.6 Å². The van der Waals surface area contributed by atoms with E-state index in [0.717, 1.165) is 31.7 Å². The number of nitrogens with two attached hydrogens (primary N) is 1. The van der Waals surface area contributed by atoms with Gasteiger partial charge in [-0.2, -0.15) is 0 Å². The molecule has 0 bridgehead atoms. The zero-order valence-corrected chi connectivity index (χ0v) is 12.1. The molecule has 3 heteroatoms. The molecule has 3 nitrogen and oxygen atoms in total. The summed E-state index contributed by atoms with van der Waals surface area (Å²) in [7, 11) is 2.17. The second-order valence-corrected chi connectivity index (χ2v) is 5.49. The maximum Gasteiger partial charge on any atom is 0.119 e. The molecule has 0 saturated carbocycles. The van der Waals surface area contributed by atoms with Gasteiger partial charge in [-0.15, -0.1) is 0 Å². The highest BCUT2D eigenvalue weighted by Gasteiger charge is 2.27. The maximum absolute atomic E-state index is 6.38. The molecule has 1 saturated heterocycles. The maximum atomic E-state index is 6.38. The van der Waals surface area contributed by atoms with Crippen molar-refractivity contribution in [2.75, 3.05) is 20.2 Å². The van der Waals surface area contributed by atoms with Crippen LogP contribution < -0.4 is 10.5 Å². The third-order valence-electron chi connectivity index (χ3n) is 4.02. The predicted octanol–water partition coefficient (Wildman–Crippen LogP) is 2.96. The molecule has 2 N–H and O–H groups in total. The Hall–Kier alpha value is -1.06. The molecule has 0 aromatic heterocycles. The van der Waals surface area contributed by atoms with Crippen LogP contribution in [0.25, 0.3) is 0 Å². The van der Waals surface area contributed by atoms with Crippen molar-refractivity contribution >= 4 is 0 Å². The van der Waals surface area contributed by atoms with Crippen LogP contribution in [-0.2, 0) is 0 Å². The van der Waals surface area contributed by atoms with Gasteiger partial charge in [0.1, 0.15) is 5.75 Å². The van der Waals surface area contributed by atoms with Crippen LogP contribution in [0.1, 0.15) is 44.2 Å². The van der Waals surface area contributed by atoms with Crippen molar-refractivity contribution in [1.82, 2.24) is 4.90 Å². The summed E-state index contributed by atoms with van der Waals surface area (Å²) in [5.41, 5.74) is 7.59. The molecular weight excluding hydrogens is 236 g/mol. The summed E-state index contributed by atoms with van der Waals surface area (Å²) in [6, 6.07) is 8.89. The summed E-state index contributed by atoms with van der Waals surface area (Å²) in [5, 5.41) is 0. The Morgan fingerprint density at radius 2 is 2.11 bits per heavy atom. The Labute approximate surface area is 116 Å². The molecule has 1 aliphatic rings. The summed E-state index contributed by atoms with van der Waals surface area (Å²) in [5.74, 6) is 0.948. The van der Waals surface area contributed by atoms with Crippen molar-refractivity contribution in [2.24, 2.45) is 5.73 Å². The van der Waals surface area contributed by atoms with E-state index >= 15 is 0 Å². The third kappa shape index (κ3) is 3.71. The Morgan fingerprint density at radius 3 is 2.68 bits per heavy atom. The number of benzene rings is 1. The fourth-order valence-electron chi connectivity index (χ4n) is 2.73. The quantitative estimate of drug-likeness (QED) is 0.801.